The first-order valence-corrected chi connectivity index (χ1v) is 10.9. The Morgan fingerprint density at radius 2 is 1.73 bits per heavy atom. The van der Waals surface area contributed by atoms with Crippen molar-refractivity contribution in [3.8, 4) is 0 Å². The third-order valence-electron chi connectivity index (χ3n) is 4.28. The monoisotopic (exact) mass is 456 g/mol. The molecule has 0 saturated carbocycles. The largest absolute Gasteiger partial charge is 0.452 e. The van der Waals surface area contributed by atoms with Gasteiger partial charge in [0.25, 0.3) is 15.9 Å². The van der Waals surface area contributed by atoms with Crippen LogP contribution >= 0.6 is 11.6 Å². The van der Waals surface area contributed by atoms with Gasteiger partial charge in [-0.05, 0) is 55.3 Å². The van der Waals surface area contributed by atoms with E-state index in [1.54, 1.807) is 0 Å². The fourth-order valence-corrected chi connectivity index (χ4v) is 3.83. The van der Waals surface area contributed by atoms with E-state index in [1.165, 1.54) is 24.3 Å². The van der Waals surface area contributed by atoms with Gasteiger partial charge in [-0.2, -0.15) is 0 Å². The molecule has 30 heavy (non-hydrogen) atoms. The van der Waals surface area contributed by atoms with Gasteiger partial charge in [0.2, 0.25) is 0 Å². The van der Waals surface area contributed by atoms with Gasteiger partial charge in [0.15, 0.2) is 6.61 Å². The highest BCUT2D eigenvalue weighted by Crippen LogP contribution is 2.25. The Kier molecular flexibility index (Phi) is 7.80. The fourth-order valence-electron chi connectivity index (χ4n) is 2.24. The summed E-state index contributed by atoms with van der Waals surface area (Å²) in [6.45, 7) is 5.20. The van der Waals surface area contributed by atoms with Gasteiger partial charge in [-0.25, -0.2) is 17.6 Å². The van der Waals surface area contributed by atoms with E-state index < -0.39 is 34.3 Å². The topological polar surface area (TPSA) is 102 Å². The summed E-state index contributed by atoms with van der Waals surface area (Å²) in [4.78, 5) is 23.8. The molecule has 0 aliphatic heterocycles. The van der Waals surface area contributed by atoms with E-state index in [9.17, 15) is 22.4 Å². The van der Waals surface area contributed by atoms with Crippen molar-refractivity contribution in [2.75, 3.05) is 11.3 Å². The summed E-state index contributed by atoms with van der Waals surface area (Å²) >= 11 is 6.00. The molecule has 2 rings (SSSR count). The van der Waals surface area contributed by atoms with Crippen molar-refractivity contribution >= 4 is 39.2 Å². The maximum Gasteiger partial charge on any atom is 0.338 e. The molecular formula is C20H22ClFN2O5S. The number of esters is 1. The fraction of sp³-hybridized carbons (Fsp3) is 0.300. The number of carbonyl (C=O) groups excluding carboxylic acids is 2. The molecule has 0 spiro atoms. The average Bonchev–Trinajstić information content (AvgIpc) is 2.67. The molecule has 2 N–H and O–H groups in total. The normalized spacial score (nSPS) is 12.3. The molecule has 0 unspecified atom stereocenters. The van der Waals surface area contributed by atoms with Gasteiger partial charge >= 0.3 is 5.97 Å². The molecule has 162 valence electrons. The molecule has 7 nitrogen and oxygen atoms in total. The molecule has 0 radical (unpaired) electrons. The second-order valence-corrected chi connectivity index (χ2v) is 8.99. The van der Waals surface area contributed by atoms with Crippen LogP contribution in [0.4, 0.5) is 10.1 Å². The van der Waals surface area contributed by atoms with Crippen LogP contribution in [-0.4, -0.2) is 32.9 Å². The first-order chi connectivity index (χ1) is 14.0. The number of rotatable bonds is 8. The second kappa shape index (κ2) is 9.90. The third-order valence-corrected chi connectivity index (χ3v) is 6.14. The lowest BCUT2D eigenvalue weighted by molar-refractivity contribution is -0.125. The van der Waals surface area contributed by atoms with E-state index in [1.807, 2.05) is 20.8 Å². The summed E-state index contributed by atoms with van der Waals surface area (Å²) in [7, 11) is -4.16. The zero-order valence-corrected chi connectivity index (χ0v) is 18.2. The van der Waals surface area contributed by atoms with Crippen LogP contribution in [0.2, 0.25) is 5.02 Å². The molecule has 0 saturated heterocycles. The number of anilines is 1. The van der Waals surface area contributed by atoms with Crippen molar-refractivity contribution in [1.82, 2.24) is 5.32 Å². The zero-order valence-electron chi connectivity index (χ0n) is 16.6. The van der Waals surface area contributed by atoms with Crippen LogP contribution in [-0.2, 0) is 19.6 Å². The number of sulfonamides is 1. The van der Waals surface area contributed by atoms with E-state index in [-0.39, 0.29) is 33.1 Å². The van der Waals surface area contributed by atoms with Crippen LogP contribution < -0.4 is 10.0 Å². The zero-order chi connectivity index (χ0) is 22.5. The van der Waals surface area contributed by atoms with Crippen molar-refractivity contribution in [2.24, 2.45) is 5.92 Å². The van der Waals surface area contributed by atoms with Gasteiger partial charge in [-0.3, -0.25) is 9.52 Å². The molecule has 2 aromatic rings. The van der Waals surface area contributed by atoms with Crippen LogP contribution in [0.25, 0.3) is 0 Å². The summed E-state index contributed by atoms with van der Waals surface area (Å²) in [5, 5.41) is 2.57. The van der Waals surface area contributed by atoms with Crippen LogP contribution in [0.3, 0.4) is 0 Å². The molecule has 0 aromatic heterocycles. The predicted molar refractivity (Wildman–Crippen MR) is 111 cm³/mol. The maximum absolute atomic E-state index is 13.0. The number of hydrogen-bond acceptors (Lipinski definition) is 5. The summed E-state index contributed by atoms with van der Waals surface area (Å²) in [6.07, 6.45) is 0. The van der Waals surface area contributed by atoms with Crippen molar-refractivity contribution in [2.45, 2.75) is 31.7 Å². The molecule has 1 atom stereocenters. The Morgan fingerprint density at radius 1 is 1.10 bits per heavy atom. The number of nitrogens with one attached hydrogen (secondary N) is 2. The number of hydrogen-bond donors (Lipinski definition) is 2. The Hall–Kier alpha value is -2.65. The number of carbonyl (C=O) groups is 2. The van der Waals surface area contributed by atoms with Gasteiger partial charge in [0.05, 0.1) is 10.6 Å². The number of ether oxygens (including phenoxy) is 1. The van der Waals surface area contributed by atoms with Crippen molar-refractivity contribution in [3.63, 3.8) is 0 Å². The maximum atomic E-state index is 13.0. The van der Waals surface area contributed by atoms with E-state index in [0.717, 1.165) is 18.2 Å². The van der Waals surface area contributed by atoms with E-state index in [4.69, 9.17) is 16.3 Å². The quantitative estimate of drug-likeness (QED) is 0.591. The highest BCUT2D eigenvalue weighted by Gasteiger charge is 2.21. The minimum absolute atomic E-state index is 0.0939. The van der Waals surface area contributed by atoms with Gasteiger partial charge in [-0.1, -0.05) is 25.4 Å². The second-order valence-electron chi connectivity index (χ2n) is 6.93. The molecule has 0 fully saturated rings. The lowest BCUT2D eigenvalue weighted by Crippen LogP contribution is -2.38. The first kappa shape index (κ1) is 23.6. The van der Waals surface area contributed by atoms with E-state index >= 15 is 0 Å². The smallest absolute Gasteiger partial charge is 0.338 e. The molecule has 0 aliphatic carbocycles. The molecule has 0 bridgehead atoms. The number of benzene rings is 2. The molecular weight excluding hydrogens is 435 g/mol. The molecule has 0 heterocycles. The van der Waals surface area contributed by atoms with Gasteiger partial charge in [0, 0.05) is 11.7 Å². The molecule has 2 aromatic carbocycles. The van der Waals surface area contributed by atoms with Crippen molar-refractivity contribution in [1.29, 1.82) is 0 Å². The Balaban J connectivity index is 2.12. The van der Waals surface area contributed by atoms with Crippen LogP contribution in [0, 0.1) is 11.7 Å². The third kappa shape index (κ3) is 6.43. The minimum Gasteiger partial charge on any atom is -0.452 e. The summed E-state index contributed by atoms with van der Waals surface area (Å²) in [5.41, 5.74) is 0.0278. The molecule has 1 amide bonds. The standard InChI is InChI=1S/C20H22ClFN2O5S/c1-12(2)13(3)23-19(25)11-29-20(26)14-4-9-17(21)18(10-14)30(27,28)24-16-7-5-15(22)6-8-16/h4-10,12-13,24H,11H2,1-3H3,(H,23,25)/t13-/m1/s1. The minimum atomic E-state index is -4.16. The summed E-state index contributed by atoms with van der Waals surface area (Å²) in [6, 6.07) is 8.16. The molecule has 10 heteroatoms. The first-order valence-electron chi connectivity index (χ1n) is 9.04. The predicted octanol–water partition coefficient (Wildman–Crippen LogP) is 3.60. The van der Waals surface area contributed by atoms with Crippen LogP contribution in [0.15, 0.2) is 47.4 Å². The highest BCUT2D eigenvalue weighted by molar-refractivity contribution is 7.92. The lowest BCUT2D eigenvalue weighted by atomic mass is 10.1. The Bertz CT molecular complexity index is 1030. The average molecular weight is 457 g/mol. The highest BCUT2D eigenvalue weighted by atomic mass is 35.5. The van der Waals surface area contributed by atoms with Crippen LogP contribution in [0.1, 0.15) is 31.1 Å². The van der Waals surface area contributed by atoms with E-state index in [2.05, 4.69) is 10.0 Å². The lowest BCUT2D eigenvalue weighted by Gasteiger charge is -2.17. The number of halogens is 2. The number of amides is 1. The molecule has 0 aliphatic rings. The Morgan fingerprint density at radius 3 is 2.33 bits per heavy atom. The van der Waals surface area contributed by atoms with Crippen molar-refractivity contribution < 1.29 is 27.1 Å². The van der Waals surface area contributed by atoms with E-state index in [0.29, 0.717) is 0 Å². The van der Waals surface area contributed by atoms with Crippen molar-refractivity contribution in [3.05, 3.63) is 58.9 Å². The summed E-state index contributed by atoms with van der Waals surface area (Å²) < 4.78 is 45.5. The van der Waals surface area contributed by atoms with Crippen LogP contribution in [0.5, 0.6) is 0 Å². The summed E-state index contributed by atoms with van der Waals surface area (Å²) in [5.74, 6) is -1.66. The van der Waals surface area contributed by atoms with Gasteiger partial charge < -0.3 is 10.1 Å². The van der Waals surface area contributed by atoms with Gasteiger partial charge in [-0.15, -0.1) is 0 Å². The van der Waals surface area contributed by atoms with Gasteiger partial charge in [0.1, 0.15) is 10.7 Å². The Labute approximate surface area is 179 Å². The SMILES string of the molecule is CC(C)[C@@H](C)NC(=O)COC(=O)c1ccc(Cl)c(S(=O)(=O)Nc2ccc(F)cc2)c1.